The van der Waals surface area contributed by atoms with E-state index in [1.807, 2.05) is 6.92 Å². The van der Waals surface area contributed by atoms with Crippen molar-refractivity contribution in [2.75, 3.05) is 6.54 Å². The van der Waals surface area contributed by atoms with Crippen molar-refractivity contribution in [2.45, 2.75) is 58.4 Å². The van der Waals surface area contributed by atoms with Gasteiger partial charge in [-0.1, -0.05) is 19.8 Å². The van der Waals surface area contributed by atoms with Gasteiger partial charge in [0.25, 0.3) is 0 Å². The maximum Gasteiger partial charge on any atom is 0.220 e. The molecule has 1 amide bonds. The van der Waals surface area contributed by atoms with E-state index >= 15 is 0 Å². The van der Waals surface area contributed by atoms with Crippen LogP contribution in [0.2, 0.25) is 0 Å². The SMILES string of the molecule is CCCCC(CN)NC(=O)CCCc1csc(C)n1.Cl.Cl. The van der Waals surface area contributed by atoms with Crippen molar-refractivity contribution >= 4 is 42.1 Å². The van der Waals surface area contributed by atoms with Crippen LogP contribution in [0.25, 0.3) is 0 Å². The highest BCUT2D eigenvalue weighted by molar-refractivity contribution is 7.09. The Balaban J connectivity index is 0. The number of amides is 1. The number of aryl methyl sites for hydroxylation is 2. The second-order valence-electron chi connectivity index (χ2n) is 4.85. The molecular formula is C14H27Cl2N3OS. The highest BCUT2D eigenvalue weighted by Gasteiger charge is 2.10. The predicted molar refractivity (Wildman–Crippen MR) is 94.8 cm³/mol. The zero-order valence-corrected chi connectivity index (χ0v) is 15.2. The van der Waals surface area contributed by atoms with Crippen molar-refractivity contribution in [3.63, 3.8) is 0 Å². The molecule has 0 saturated heterocycles. The average Bonchev–Trinajstić information content (AvgIpc) is 2.80. The van der Waals surface area contributed by atoms with Crippen LogP contribution in [-0.4, -0.2) is 23.5 Å². The third kappa shape index (κ3) is 10.1. The number of nitrogens with one attached hydrogen (secondary N) is 1. The van der Waals surface area contributed by atoms with Crippen LogP contribution in [0.3, 0.4) is 0 Å². The van der Waals surface area contributed by atoms with Crippen LogP contribution in [0, 0.1) is 6.92 Å². The van der Waals surface area contributed by atoms with Crippen LogP contribution in [0.4, 0.5) is 0 Å². The summed E-state index contributed by atoms with van der Waals surface area (Å²) in [4.78, 5) is 16.2. The largest absolute Gasteiger partial charge is 0.352 e. The monoisotopic (exact) mass is 355 g/mol. The number of halogens is 2. The highest BCUT2D eigenvalue weighted by Crippen LogP contribution is 2.10. The molecule has 0 spiro atoms. The first-order valence-corrected chi connectivity index (χ1v) is 7.94. The van der Waals surface area contributed by atoms with Crippen molar-refractivity contribution in [1.29, 1.82) is 0 Å². The molecule has 0 fully saturated rings. The number of thiazole rings is 1. The highest BCUT2D eigenvalue weighted by atomic mass is 35.5. The molecule has 1 aromatic rings. The molecule has 1 heterocycles. The third-order valence-corrected chi connectivity index (χ3v) is 3.88. The molecule has 4 nitrogen and oxygen atoms in total. The maximum atomic E-state index is 11.8. The summed E-state index contributed by atoms with van der Waals surface area (Å²) < 4.78 is 0. The average molecular weight is 356 g/mol. The van der Waals surface area contributed by atoms with Crippen molar-refractivity contribution < 1.29 is 4.79 Å². The smallest absolute Gasteiger partial charge is 0.220 e. The van der Waals surface area contributed by atoms with Gasteiger partial charge in [0.2, 0.25) is 5.91 Å². The Bertz CT molecular complexity index is 388. The Morgan fingerprint density at radius 2 is 2.14 bits per heavy atom. The van der Waals surface area contributed by atoms with E-state index in [1.165, 1.54) is 0 Å². The fraction of sp³-hybridized carbons (Fsp3) is 0.714. The summed E-state index contributed by atoms with van der Waals surface area (Å²) in [5.41, 5.74) is 6.76. The van der Waals surface area contributed by atoms with Gasteiger partial charge in [-0.15, -0.1) is 36.2 Å². The van der Waals surface area contributed by atoms with E-state index in [0.717, 1.165) is 42.8 Å². The van der Waals surface area contributed by atoms with Gasteiger partial charge < -0.3 is 11.1 Å². The first-order chi connectivity index (χ1) is 9.15. The van der Waals surface area contributed by atoms with Crippen LogP contribution >= 0.6 is 36.2 Å². The number of rotatable bonds is 9. The Labute approximate surface area is 144 Å². The Morgan fingerprint density at radius 3 is 2.67 bits per heavy atom. The summed E-state index contributed by atoms with van der Waals surface area (Å²) in [5, 5.41) is 6.16. The molecular weight excluding hydrogens is 329 g/mol. The quantitative estimate of drug-likeness (QED) is 0.714. The summed E-state index contributed by atoms with van der Waals surface area (Å²) in [6.45, 7) is 4.67. The summed E-state index contributed by atoms with van der Waals surface area (Å²) in [6, 6.07) is 0.133. The van der Waals surface area contributed by atoms with Gasteiger partial charge in [-0.05, 0) is 26.2 Å². The van der Waals surface area contributed by atoms with Gasteiger partial charge in [-0.3, -0.25) is 4.79 Å². The zero-order valence-electron chi connectivity index (χ0n) is 12.8. The summed E-state index contributed by atoms with van der Waals surface area (Å²) in [7, 11) is 0. The fourth-order valence-corrected chi connectivity index (χ4v) is 2.60. The first kappa shape index (κ1) is 22.9. The Morgan fingerprint density at radius 1 is 1.43 bits per heavy atom. The van der Waals surface area contributed by atoms with Gasteiger partial charge in [-0.25, -0.2) is 4.98 Å². The molecule has 1 atom stereocenters. The van der Waals surface area contributed by atoms with Crippen LogP contribution in [-0.2, 0) is 11.2 Å². The minimum Gasteiger partial charge on any atom is -0.352 e. The van der Waals surface area contributed by atoms with Gasteiger partial charge in [0.1, 0.15) is 0 Å². The van der Waals surface area contributed by atoms with Crippen LogP contribution in [0.15, 0.2) is 5.38 Å². The molecule has 0 bridgehead atoms. The number of hydrogen-bond acceptors (Lipinski definition) is 4. The molecule has 0 aromatic carbocycles. The molecule has 1 aromatic heterocycles. The molecule has 0 aliphatic heterocycles. The lowest BCUT2D eigenvalue weighted by Crippen LogP contribution is -2.40. The normalized spacial score (nSPS) is 11.2. The number of nitrogens with two attached hydrogens (primary N) is 1. The molecule has 1 rings (SSSR count). The lowest BCUT2D eigenvalue weighted by Gasteiger charge is -2.16. The van der Waals surface area contributed by atoms with E-state index in [9.17, 15) is 4.79 Å². The topological polar surface area (TPSA) is 68.0 Å². The second kappa shape index (κ2) is 13.3. The van der Waals surface area contributed by atoms with E-state index in [4.69, 9.17) is 5.73 Å². The number of carbonyl (C=O) groups excluding carboxylic acids is 1. The molecule has 7 heteroatoms. The van der Waals surface area contributed by atoms with Crippen LogP contribution in [0.5, 0.6) is 0 Å². The summed E-state index contributed by atoms with van der Waals surface area (Å²) in [6.07, 6.45) is 5.50. The fourth-order valence-electron chi connectivity index (χ4n) is 1.95. The number of nitrogens with zero attached hydrogens (tertiary/aromatic N) is 1. The summed E-state index contributed by atoms with van der Waals surface area (Å²) >= 11 is 1.66. The van der Waals surface area contributed by atoms with Crippen molar-refractivity contribution in [3.8, 4) is 0 Å². The van der Waals surface area contributed by atoms with E-state index in [0.29, 0.717) is 13.0 Å². The Kier molecular flexibility index (Phi) is 14.5. The summed E-state index contributed by atoms with van der Waals surface area (Å²) in [5.74, 6) is 0.110. The number of aromatic nitrogens is 1. The maximum absolute atomic E-state index is 11.8. The second-order valence-corrected chi connectivity index (χ2v) is 5.92. The number of hydrogen-bond donors (Lipinski definition) is 2. The van der Waals surface area contributed by atoms with Gasteiger partial charge >= 0.3 is 0 Å². The standard InChI is InChI=1S/C14H25N3OS.2ClH/c1-3-4-6-12(9-15)17-14(18)8-5-7-13-10-19-11(2)16-13;;/h10,12H,3-9,15H2,1-2H3,(H,17,18);2*1H. The van der Waals surface area contributed by atoms with Gasteiger partial charge in [0.05, 0.1) is 10.7 Å². The van der Waals surface area contributed by atoms with Crippen molar-refractivity contribution in [3.05, 3.63) is 16.1 Å². The van der Waals surface area contributed by atoms with E-state index in [-0.39, 0.29) is 36.8 Å². The predicted octanol–water partition coefficient (Wildman–Crippen LogP) is 3.25. The van der Waals surface area contributed by atoms with Crippen molar-refractivity contribution in [2.24, 2.45) is 5.73 Å². The first-order valence-electron chi connectivity index (χ1n) is 7.06. The molecule has 3 N–H and O–H groups in total. The van der Waals surface area contributed by atoms with E-state index in [2.05, 4.69) is 22.6 Å². The van der Waals surface area contributed by atoms with Crippen LogP contribution in [0.1, 0.15) is 49.7 Å². The minimum atomic E-state index is 0. The lowest BCUT2D eigenvalue weighted by molar-refractivity contribution is -0.121. The van der Waals surface area contributed by atoms with Gasteiger partial charge in [0.15, 0.2) is 0 Å². The van der Waals surface area contributed by atoms with E-state index < -0.39 is 0 Å². The van der Waals surface area contributed by atoms with E-state index in [1.54, 1.807) is 11.3 Å². The lowest BCUT2D eigenvalue weighted by atomic mass is 10.1. The molecule has 1 unspecified atom stereocenters. The number of unbranched alkanes of at least 4 members (excludes halogenated alkanes) is 1. The Hall–Kier alpha value is -0.360. The molecule has 21 heavy (non-hydrogen) atoms. The van der Waals surface area contributed by atoms with Crippen LogP contribution < -0.4 is 11.1 Å². The molecule has 0 radical (unpaired) electrons. The minimum absolute atomic E-state index is 0. The molecule has 0 saturated carbocycles. The van der Waals surface area contributed by atoms with Crippen molar-refractivity contribution in [1.82, 2.24) is 10.3 Å². The third-order valence-electron chi connectivity index (χ3n) is 3.06. The van der Waals surface area contributed by atoms with Gasteiger partial charge in [-0.2, -0.15) is 0 Å². The molecule has 124 valence electrons. The van der Waals surface area contributed by atoms with Gasteiger partial charge in [0, 0.05) is 24.4 Å². The number of carbonyl (C=O) groups is 1. The molecule has 0 aliphatic carbocycles. The molecule has 0 aliphatic rings. The zero-order chi connectivity index (χ0) is 14.1.